The zero-order valence-corrected chi connectivity index (χ0v) is 13.5. The van der Waals surface area contributed by atoms with Gasteiger partial charge in [0.05, 0.1) is 0 Å². The van der Waals surface area contributed by atoms with E-state index in [9.17, 15) is 18.4 Å². The molecule has 0 heterocycles. The van der Waals surface area contributed by atoms with Gasteiger partial charge in [0.25, 0.3) is 11.8 Å². The highest BCUT2D eigenvalue weighted by atomic mass is 19.2. The van der Waals surface area contributed by atoms with Crippen LogP contribution in [-0.2, 0) is 0 Å². The van der Waals surface area contributed by atoms with Crippen molar-refractivity contribution in [3.63, 3.8) is 0 Å². The number of rotatable bonds is 5. The maximum atomic E-state index is 13.2. The monoisotopic (exact) mass is 332 g/mol. The van der Waals surface area contributed by atoms with E-state index in [0.29, 0.717) is 18.7 Å². The van der Waals surface area contributed by atoms with E-state index in [1.807, 2.05) is 13.8 Å². The lowest BCUT2D eigenvalue weighted by molar-refractivity contribution is 0.0773. The van der Waals surface area contributed by atoms with Crippen molar-refractivity contribution < 1.29 is 18.4 Å². The molecule has 0 aliphatic rings. The first-order chi connectivity index (χ1) is 11.5. The van der Waals surface area contributed by atoms with Crippen molar-refractivity contribution in [2.24, 2.45) is 0 Å². The summed E-state index contributed by atoms with van der Waals surface area (Å²) in [5, 5.41) is 2.48. The second kappa shape index (κ2) is 7.68. The lowest BCUT2D eigenvalue weighted by Gasteiger charge is -2.18. The highest BCUT2D eigenvalue weighted by Gasteiger charge is 2.15. The van der Waals surface area contributed by atoms with E-state index in [-0.39, 0.29) is 17.2 Å². The molecule has 2 amide bonds. The maximum absolute atomic E-state index is 13.2. The van der Waals surface area contributed by atoms with E-state index in [4.69, 9.17) is 0 Å². The molecule has 0 aromatic heterocycles. The van der Waals surface area contributed by atoms with Crippen LogP contribution in [0.25, 0.3) is 0 Å². The molecule has 0 spiro atoms. The molecule has 0 aliphatic carbocycles. The highest BCUT2D eigenvalue weighted by molar-refractivity contribution is 6.06. The summed E-state index contributed by atoms with van der Waals surface area (Å²) in [5.41, 5.74) is 0.800. The van der Waals surface area contributed by atoms with Crippen LogP contribution in [0.15, 0.2) is 42.5 Å². The minimum Gasteiger partial charge on any atom is -0.339 e. The molecule has 0 saturated carbocycles. The van der Waals surface area contributed by atoms with Crippen LogP contribution in [0.2, 0.25) is 0 Å². The standard InChI is InChI=1S/C18H18F2N2O2/c1-3-22(4-2)18(24)13-7-5-6-12(10-13)17(23)21-14-8-9-15(19)16(20)11-14/h5-11H,3-4H2,1-2H3,(H,21,23). The quantitative estimate of drug-likeness (QED) is 0.907. The minimum absolute atomic E-state index is 0.138. The van der Waals surface area contributed by atoms with Crippen LogP contribution < -0.4 is 5.32 Å². The smallest absolute Gasteiger partial charge is 0.255 e. The average molecular weight is 332 g/mol. The molecule has 0 unspecified atom stereocenters. The molecule has 0 saturated heterocycles. The molecule has 0 radical (unpaired) electrons. The van der Waals surface area contributed by atoms with E-state index >= 15 is 0 Å². The Hall–Kier alpha value is -2.76. The van der Waals surface area contributed by atoms with Gasteiger partial charge in [-0.25, -0.2) is 8.78 Å². The Labute approximate surface area is 139 Å². The van der Waals surface area contributed by atoms with Crippen molar-refractivity contribution >= 4 is 17.5 Å². The van der Waals surface area contributed by atoms with Gasteiger partial charge in [0.15, 0.2) is 11.6 Å². The third-order valence-electron chi connectivity index (χ3n) is 3.60. The summed E-state index contributed by atoms with van der Waals surface area (Å²) in [4.78, 5) is 26.2. The van der Waals surface area contributed by atoms with E-state index in [2.05, 4.69) is 5.32 Å². The molecular weight excluding hydrogens is 314 g/mol. The Balaban J connectivity index is 2.19. The van der Waals surface area contributed by atoms with Crippen LogP contribution in [0.5, 0.6) is 0 Å². The first-order valence-electron chi connectivity index (χ1n) is 7.62. The van der Waals surface area contributed by atoms with Gasteiger partial charge in [-0.1, -0.05) is 6.07 Å². The Morgan fingerprint density at radius 2 is 1.62 bits per heavy atom. The zero-order chi connectivity index (χ0) is 17.7. The maximum Gasteiger partial charge on any atom is 0.255 e. The summed E-state index contributed by atoms with van der Waals surface area (Å²) in [6.45, 7) is 4.89. The third-order valence-corrected chi connectivity index (χ3v) is 3.60. The molecule has 126 valence electrons. The van der Waals surface area contributed by atoms with Crippen molar-refractivity contribution in [3.8, 4) is 0 Å². The Bertz CT molecular complexity index is 758. The molecular formula is C18H18F2N2O2. The van der Waals surface area contributed by atoms with E-state index in [1.54, 1.807) is 23.1 Å². The fraction of sp³-hybridized carbons (Fsp3) is 0.222. The van der Waals surface area contributed by atoms with Crippen molar-refractivity contribution in [2.75, 3.05) is 18.4 Å². The van der Waals surface area contributed by atoms with Crippen LogP contribution in [0.4, 0.5) is 14.5 Å². The van der Waals surface area contributed by atoms with Crippen LogP contribution in [-0.4, -0.2) is 29.8 Å². The van der Waals surface area contributed by atoms with E-state index < -0.39 is 17.5 Å². The zero-order valence-electron chi connectivity index (χ0n) is 13.5. The Morgan fingerprint density at radius 3 is 2.25 bits per heavy atom. The summed E-state index contributed by atoms with van der Waals surface area (Å²) in [5.74, 6) is -2.70. The fourth-order valence-electron chi connectivity index (χ4n) is 2.26. The Kier molecular flexibility index (Phi) is 5.63. The second-order valence-electron chi connectivity index (χ2n) is 5.14. The number of nitrogens with one attached hydrogen (secondary N) is 1. The minimum atomic E-state index is -1.04. The van der Waals surface area contributed by atoms with Crippen LogP contribution >= 0.6 is 0 Å². The second-order valence-corrected chi connectivity index (χ2v) is 5.14. The molecule has 1 N–H and O–H groups in total. The van der Waals surface area contributed by atoms with Crippen molar-refractivity contribution in [2.45, 2.75) is 13.8 Å². The SMILES string of the molecule is CCN(CC)C(=O)c1cccc(C(=O)Nc2ccc(F)c(F)c2)c1. The predicted octanol–water partition coefficient (Wildman–Crippen LogP) is 3.70. The third kappa shape index (κ3) is 3.95. The van der Waals surface area contributed by atoms with Gasteiger partial charge < -0.3 is 10.2 Å². The van der Waals surface area contributed by atoms with Crippen molar-refractivity contribution in [1.82, 2.24) is 4.90 Å². The van der Waals surface area contributed by atoms with E-state index in [1.165, 1.54) is 12.1 Å². The summed E-state index contributed by atoms with van der Waals surface area (Å²) in [7, 11) is 0. The molecule has 4 nitrogen and oxygen atoms in total. The number of benzene rings is 2. The van der Waals surface area contributed by atoms with Gasteiger partial charge in [0.2, 0.25) is 0 Å². The molecule has 0 atom stereocenters. The van der Waals surface area contributed by atoms with Gasteiger partial charge in [-0.2, -0.15) is 0 Å². The molecule has 6 heteroatoms. The first-order valence-corrected chi connectivity index (χ1v) is 7.62. The number of carbonyl (C=O) groups excluding carboxylic acids is 2. The van der Waals surface area contributed by atoms with Crippen LogP contribution in [0.3, 0.4) is 0 Å². The lowest BCUT2D eigenvalue weighted by Crippen LogP contribution is -2.30. The van der Waals surface area contributed by atoms with E-state index in [0.717, 1.165) is 12.1 Å². The van der Waals surface area contributed by atoms with Gasteiger partial charge in [-0.05, 0) is 44.2 Å². The van der Waals surface area contributed by atoms with Gasteiger partial charge in [0, 0.05) is 36.0 Å². The summed E-state index contributed by atoms with van der Waals surface area (Å²) >= 11 is 0. The Morgan fingerprint density at radius 1 is 0.958 bits per heavy atom. The largest absolute Gasteiger partial charge is 0.339 e. The van der Waals surface area contributed by atoms with Gasteiger partial charge >= 0.3 is 0 Å². The average Bonchev–Trinajstić information content (AvgIpc) is 2.59. The number of halogens is 2. The first kappa shape index (κ1) is 17.6. The molecule has 0 bridgehead atoms. The molecule has 0 fully saturated rings. The van der Waals surface area contributed by atoms with Crippen molar-refractivity contribution in [1.29, 1.82) is 0 Å². The molecule has 2 rings (SSSR count). The molecule has 0 aliphatic heterocycles. The molecule has 2 aromatic carbocycles. The number of carbonyl (C=O) groups is 2. The van der Waals surface area contributed by atoms with Crippen molar-refractivity contribution in [3.05, 3.63) is 65.2 Å². The number of hydrogen-bond acceptors (Lipinski definition) is 2. The summed E-state index contributed by atoms with van der Waals surface area (Å²) in [6.07, 6.45) is 0. The molecule has 24 heavy (non-hydrogen) atoms. The van der Waals surface area contributed by atoms with Gasteiger partial charge in [-0.15, -0.1) is 0 Å². The highest BCUT2D eigenvalue weighted by Crippen LogP contribution is 2.15. The summed E-state index contributed by atoms with van der Waals surface area (Å²) in [6, 6.07) is 9.38. The normalized spacial score (nSPS) is 10.3. The van der Waals surface area contributed by atoms with Crippen LogP contribution in [0.1, 0.15) is 34.6 Å². The number of hydrogen-bond donors (Lipinski definition) is 1. The topological polar surface area (TPSA) is 49.4 Å². The predicted molar refractivity (Wildman–Crippen MR) is 88.0 cm³/mol. The number of amides is 2. The number of nitrogens with zero attached hydrogens (tertiary/aromatic N) is 1. The molecule has 2 aromatic rings. The lowest BCUT2D eigenvalue weighted by atomic mass is 10.1. The van der Waals surface area contributed by atoms with Gasteiger partial charge in [0.1, 0.15) is 0 Å². The van der Waals surface area contributed by atoms with Crippen LogP contribution in [0, 0.1) is 11.6 Å². The number of anilines is 1. The van der Waals surface area contributed by atoms with Gasteiger partial charge in [-0.3, -0.25) is 9.59 Å². The summed E-state index contributed by atoms with van der Waals surface area (Å²) < 4.78 is 26.1. The fourth-order valence-corrected chi connectivity index (χ4v) is 2.26.